The van der Waals surface area contributed by atoms with Crippen LogP contribution in [0, 0.1) is 5.41 Å². The lowest BCUT2D eigenvalue weighted by molar-refractivity contribution is -0.138. The second-order valence-electron chi connectivity index (χ2n) is 7.69. The van der Waals surface area contributed by atoms with E-state index in [1.807, 2.05) is 12.1 Å². The Bertz CT molecular complexity index is 507. The first-order valence-electron chi connectivity index (χ1n) is 8.17. The van der Waals surface area contributed by atoms with Gasteiger partial charge in [0.05, 0.1) is 0 Å². The standard InChI is InChI=1S/C20H30O3/c1-7-18(21)23-15-14-22-17-10-8-16(9-11-17)20(5,6)13-12-19(2,3)4/h7-11H,1,12-15H2,2-6H3. The minimum absolute atomic E-state index is 0.144. The first kappa shape index (κ1) is 19.3. The molecule has 0 spiro atoms. The molecule has 0 aliphatic carbocycles. The van der Waals surface area contributed by atoms with Crippen LogP contribution < -0.4 is 4.74 Å². The van der Waals surface area contributed by atoms with Crippen LogP contribution in [-0.4, -0.2) is 19.2 Å². The van der Waals surface area contributed by atoms with E-state index in [-0.39, 0.29) is 12.0 Å². The van der Waals surface area contributed by atoms with Gasteiger partial charge in [-0.2, -0.15) is 0 Å². The van der Waals surface area contributed by atoms with Gasteiger partial charge in [-0.1, -0.05) is 53.3 Å². The fraction of sp³-hybridized carbons (Fsp3) is 0.550. The van der Waals surface area contributed by atoms with Gasteiger partial charge >= 0.3 is 5.97 Å². The van der Waals surface area contributed by atoms with Crippen molar-refractivity contribution in [1.82, 2.24) is 0 Å². The highest BCUT2D eigenvalue weighted by Gasteiger charge is 2.23. The van der Waals surface area contributed by atoms with Gasteiger partial charge in [0.15, 0.2) is 0 Å². The fourth-order valence-corrected chi connectivity index (χ4v) is 2.19. The highest BCUT2D eigenvalue weighted by atomic mass is 16.6. The Balaban J connectivity index is 2.51. The molecule has 0 radical (unpaired) electrons. The Kier molecular flexibility index (Phi) is 6.86. The maximum absolute atomic E-state index is 10.9. The van der Waals surface area contributed by atoms with Gasteiger partial charge in [0.25, 0.3) is 0 Å². The fourth-order valence-electron chi connectivity index (χ4n) is 2.19. The maximum atomic E-state index is 10.9. The zero-order valence-corrected chi connectivity index (χ0v) is 15.1. The molecule has 1 rings (SSSR count). The molecular weight excluding hydrogens is 288 g/mol. The van der Waals surface area contributed by atoms with E-state index in [2.05, 4.69) is 53.3 Å². The molecule has 23 heavy (non-hydrogen) atoms. The molecule has 0 atom stereocenters. The molecule has 0 fully saturated rings. The first-order valence-corrected chi connectivity index (χ1v) is 8.17. The molecule has 0 aliphatic rings. The average molecular weight is 318 g/mol. The number of esters is 1. The summed E-state index contributed by atoms with van der Waals surface area (Å²) in [6, 6.07) is 8.19. The third-order valence-electron chi connectivity index (χ3n) is 3.90. The number of benzene rings is 1. The van der Waals surface area contributed by atoms with Crippen LogP contribution in [0.15, 0.2) is 36.9 Å². The lowest BCUT2D eigenvalue weighted by Crippen LogP contribution is -2.20. The summed E-state index contributed by atoms with van der Waals surface area (Å²) in [6.45, 7) is 15.3. The Hall–Kier alpha value is -1.77. The molecule has 0 saturated carbocycles. The lowest BCUT2D eigenvalue weighted by Gasteiger charge is -2.29. The van der Waals surface area contributed by atoms with Crippen LogP contribution in [-0.2, 0) is 14.9 Å². The average Bonchev–Trinajstić information content (AvgIpc) is 2.49. The molecule has 3 heteroatoms. The Labute approximate surface area is 140 Å². The molecular formula is C20H30O3. The van der Waals surface area contributed by atoms with Crippen LogP contribution in [0.2, 0.25) is 0 Å². The van der Waals surface area contributed by atoms with E-state index in [1.165, 1.54) is 12.0 Å². The molecule has 1 aromatic rings. The van der Waals surface area contributed by atoms with Crippen molar-refractivity contribution in [2.24, 2.45) is 5.41 Å². The van der Waals surface area contributed by atoms with Crippen molar-refractivity contribution in [3.8, 4) is 5.75 Å². The van der Waals surface area contributed by atoms with Crippen LogP contribution in [0.25, 0.3) is 0 Å². The summed E-state index contributed by atoms with van der Waals surface area (Å²) >= 11 is 0. The van der Waals surface area contributed by atoms with E-state index >= 15 is 0 Å². The number of carbonyl (C=O) groups is 1. The summed E-state index contributed by atoms with van der Waals surface area (Å²) in [5.74, 6) is 0.361. The van der Waals surface area contributed by atoms with E-state index in [0.717, 1.165) is 18.2 Å². The number of ether oxygens (including phenoxy) is 2. The monoisotopic (exact) mass is 318 g/mol. The van der Waals surface area contributed by atoms with Gasteiger partial charge in [0.1, 0.15) is 19.0 Å². The largest absolute Gasteiger partial charge is 0.490 e. The van der Waals surface area contributed by atoms with Crippen molar-refractivity contribution in [2.75, 3.05) is 13.2 Å². The minimum atomic E-state index is -0.426. The SMILES string of the molecule is C=CC(=O)OCCOc1ccc(C(C)(C)CCC(C)(C)C)cc1. The summed E-state index contributed by atoms with van der Waals surface area (Å²) in [6.07, 6.45) is 3.48. The lowest BCUT2D eigenvalue weighted by atomic mass is 9.76. The molecule has 0 bridgehead atoms. The van der Waals surface area contributed by atoms with Crippen molar-refractivity contribution in [2.45, 2.75) is 52.9 Å². The molecule has 0 aromatic heterocycles. The Morgan fingerprint density at radius 3 is 2.17 bits per heavy atom. The van der Waals surface area contributed by atoms with Gasteiger partial charge in [0.2, 0.25) is 0 Å². The smallest absolute Gasteiger partial charge is 0.330 e. The molecule has 0 N–H and O–H groups in total. The molecule has 0 saturated heterocycles. The van der Waals surface area contributed by atoms with Gasteiger partial charge < -0.3 is 9.47 Å². The molecule has 0 aliphatic heterocycles. The zero-order valence-electron chi connectivity index (χ0n) is 15.1. The molecule has 3 nitrogen and oxygen atoms in total. The number of hydrogen-bond acceptors (Lipinski definition) is 3. The predicted molar refractivity (Wildman–Crippen MR) is 94.8 cm³/mol. The van der Waals surface area contributed by atoms with Gasteiger partial charge in [0, 0.05) is 6.08 Å². The van der Waals surface area contributed by atoms with Crippen molar-refractivity contribution in [1.29, 1.82) is 0 Å². The molecule has 1 aromatic carbocycles. The van der Waals surface area contributed by atoms with E-state index in [4.69, 9.17) is 9.47 Å². The number of carbonyl (C=O) groups excluding carboxylic acids is 1. The predicted octanol–water partition coefficient (Wildman–Crippen LogP) is 4.90. The first-order chi connectivity index (χ1) is 10.6. The van der Waals surface area contributed by atoms with Gasteiger partial charge in [-0.25, -0.2) is 4.79 Å². The van der Waals surface area contributed by atoms with Crippen molar-refractivity contribution >= 4 is 5.97 Å². The van der Waals surface area contributed by atoms with E-state index in [0.29, 0.717) is 12.0 Å². The second-order valence-corrected chi connectivity index (χ2v) is 7.69. The zero-order chi connectivity index (χ0) is 17.5. The van der Waals surface area contributed by atoms with Crippen LogP contribution >= 0.6 is 0 Å². The summed E-state index contributed by atoms with van der Waals surface area (Å²) in [4.78, 5) is 10.9. The Morgan fingerprint density at radius 2 is 1.65 bits per heavy atom. The molecule has 0 heterocycles. The van der Waals surface area contributed by atoms with Gasteiger partial charge in [-0.15, -0.1) is 0 Å². The second kappa shape index (κ2) is 8.19. The summed E-state index contributed by atoms with van der Waals surface area (Å²) < 4.78 is 10.4. The highest BCUT2D eigenvalue weighted by Crippen LogP contribution is 2.34. The van der Waals surface area contributed by atoms with Crippen molar-refractivity contribution in [3.05, 3.63) is 42.5 Å². The van der Waals surface area contributed by atoms with E-state index in [1.54, 1.807) is 0 Å². The van der Waals surface area contributed by atoms with Crippen molar-refractivity contribution < 1.29 is 14.3 Å². The summed E-state index contributed by atoms with van der Waals surface area (Å²) in [5, 5.41) is 0. The van der Waals surface area contributed by atoms with Crippen LogP contribution in [0.3, 0.4) is 0 Å². The van der Waals surface area contributed by atoms with Crippen LogP contribution in [0.5, 0.6) is 5.75 Å². The minimum Gasteiger partial charge on any atom is -0.490 e. The topological polar surface area (TPSA) is 35.5 Å². The molecule has 0 unspecified atom stereocenters. The quantitative estimate of drug-likeness (QED) is 0.388. The van der Waals surface area contributed by atoms with Gasteiger partial charge in [-0.05, 0) is 41.4 Å². The highest BCUT2D eigenvalue weighted by molar-refractivity contribution is 5.81. The summed E-state index contributed by atoms with van der Waals surface area (Å²) in [7, 11) is 0. The van der Waals surface area contributed by atoms with E-state index < -0.39 is 5.97 Å². The number of rotatable bonds is 8. The van der Waals surface area contributed by atoms with Crippen LogP contribution in [0.1, 0.15) is 53.0 Å². The number of hydrogen-bond donors (Lipinski definition) is 0. The maximum Gasteiger partial charge on any atom is 0.330 e. The third kappa shape index (κ3) is 7.36. The van der Waals surface area contributed by atoms with Crippen LogP contribution in [0.4, 0.5) is 0 Å². The van der Waals surface area contributed by atoms with Gasteiger partial charge in [-0.3, -0.25) is 0 Å². The van der Waals surface area contributed by atoms with E-state index in [9.17, 15) is 4.79 Å². The normalized spacial score (nSPS) is 11.9. The third-order valence-corrected chi connectivity index (χ3v) is 3.90. The summed E-state index contributed by atoms with van der Waals surface area (Å²) in [5.41, 5.74) is 1.81. The van der Waals surface area contributed by atoms with Crippen molar-refractivity contribution in [3.63, 3.8) is 0 Å². The Morgan fingerprint density at radius 1 is 1.04 bits per heavy atom. The molecule has 128 valence electrons. The molecule has 0 amide bonds.